The van der Waals surface area contributed by atoms with Gasteiger partial charge in [0.2, 0.25) is 0 Å². The molecular formula is C25H27N5OS. The van der Waals surface area contributed by atoms with Gasteiger partial charge in [0.1, 0.15) is 6.10 Å². The molecule has 0 radical (unpaired) electrons. The number of hydrogen-bond donors (Lipinski definition) is 1. The molecule has 0 amide bonds. The molecular weight excluding hydrogens is 418 g/mol. The quantitative estimate of drug-likeness (QED) is 0.448. The van der Waals surface area contributed by atoms with E-state index in [0.717, 1.165) is 53.1 Å². The van der Waals surface area contributed by atoms with Gasteiger partial charge in [0, 0.05) is 47.5 Å². The van der Waals surface area contributed by atoms with E-state index in [-0.39, 0.29) is 6.10 Å². The number of benzene rings is 1. The van der Waals surface area contributed by atoms with Crippen molar-refractivity contribution in [2.75, 3.05) is 25.0 Å². The fourth-order valence-electron chi connectivity index (χ4n) is 4.09. The summed E-state index contributed by atoms with van der Waals surface area (Å²) in [6.07, 6.45) is 1.79. The molecule has 164 valence electrons. The first kappa shape index (κ1) is 21.0. The third kappa shape index (κ3) is 4.65. The molecule has 7 heteroatoms. The van der Waals surface area contributed by atoms with Crippen LogP contribution < -0.4 is 5.32 Å². The van der Waals surface area contributed by atoms with Crippen LogP contribution in [0.4, 0.5) is 10.8 Å². The summed E-state index contributed by atoms with van der Waals surface area (Å²) in [5, 5.41) is 5.54. The lowest BCUT2D eigenvalue weighted by Gasteiger charge is -2.33. The third-order valence-corrected chi connectivity index (χ3v) is 6.80. The second-order valence-corrected chi connectivity index (χ2v) is 9.54. The van der Waals surface area contributed by atoms with Gasteiger partial charge in [-0.3, -0.25) is 14.9 Å². The van der Waals surface area contributed by atoms with E-state index >= 15 is 0 Å². The molecule has 0 spiro atoms. The number of fused-ring (bicyclic) bond motifs is 1. The normalized spacial score (nSPS) is 17.0. The standard InChI is InChI=1S/C25H27N5OS/c1-16-11-21(29-25-28-17(2)18(3)32-25)13-23(27-16)24-15-30(9-10-31-24)14-19-6-7-22-20(12-19)5-4-8-26-22/h4-8,11-13,24H,9-10,14-15H2,1-3H3,(H,27,28,29)/t24-/m1/s1. The molecule has 4 aromatic rings. The first-order valence-electron chi connectivity index (χ1n) is 10.9. The SMILES string of the molecule is Cc1cc(Nc2nc(C)c(C)s2)cc([C@H]2CN(Cc3ccc4ncccc4c3)CCO2)n1. The van der Waals surface area contributed by atoms with Crippen molar-refractivity contribution in [3.63, 3.8) is 0 Å². The van der Waals surface area contributed by atoms with Crippen molar-refractivity contribution in [3.8, 4) is 0 Å². The van der Waals surface area contributed by atoms with Gasteiger partial charge in [-0.2, -0.15) is 0 Å². The number of pyridine rings is 2. The minimum Gasteiger partial charge on any atom is -0.369 e. The van der Waals surface area contributed by atoms with Crippen LogP contribution in [0.25, 0.3) is 10.9 Å². The van der Waals surface area contributed by atoms with Crippen LogP contribution >= 0.6 is 11.3 Å². The monoisotopic (exact) mass is 445 g/mol. The van der Waals surface area contributed by atoms with Gasteiger partial charge in [-0.05, 0) is 56.7 Å². The highest BCUT2D eigenvalue weighted by molar-refractivity contribution is 7.15. The number of hydrogen-bond acceptors (Lipinski definition) is 7. The molecule has 1 N–H and O–H groups in total. The maximum Gasteiger partial charge on any atom is 0.187 e. The number of rotatable bonds is 5. The molecule has 1 fully saturated rings. The van der Waals surface area contributed by atoms with Gasteiger partial charge in [0.25, 0.3) is 0 Å². The third-order valence-electron chi connectivity index (χ3n) is 5.81. The molecule has 4 heterocycles. The number of aromatic nitrogens is 3. The maximum absolute atomic E-state index is 6.13. The number of anilines is 2. The van der Waals surface area contributed by atoms with Crippen LogP contribution in [0.3, 0.4) is 0 Å². The van der Waals surface area contributed by atoms with Gasteiger partial charge in [-0.1, -0.05) is 12.1 Å². The fraction of sp³-hybridized carbons (Fsp3) is 0.320. The van der Waals surface area contributed by atoms with Crippen LogP contribution in [0.15, 0.2) is 48.7 Å². The number of nitrogens with one attached hydrogen (secondary N) is 1. The second-order valence-electron chi connectivity index (χ2n) is 8.33. The van der Waals surface area contributed by atoms with E-state index in [1.165, 1.54) is 15.8 Å². The Labute approximate surface area is 192 Å². The van der Waals surface area contributed by atoms with E-state index in [0.29, 0.717) is 6.61 Å². The average Bonchev–Trinajstić information content (AvgIpc) is 3.10. The number of nitrogens with zero attached hydrogens (tertiary/aromatic N) is 4. The number of ether oxygens (including phenoxy) is 1. The molecule has 6 nitrogen and oxygen atoms in total. The number of morpholine rings is 1. The summed E-state index contributed by atoms with van der Waals surface area (Å²) in [6, 6.07) is 14.8. The van der Waals surface area contributed by atoms with E-state index in [1.807, 2.05) is 26.1 Å². The van der Waals surface area contributed by atoms with Crippen molar-refractivity contribution in [2.45, 2.75) is 33.4 Å². The molecule has 1 aliphatic heterocycles. The zero-order valence-electron chi connectivity index (χ0n) is 18.6. The Morgan fingerprint density at radius 3 is 2.88 bits per heavy atom. The largest absolute Gasteiger partial charge is 0.369 e. The summed E-state index contributed by atoms with van der Waals surface area (Å²) >= 11 is 1.67. The number of aryl methyl sites for hydroxylation is 3. The predicted molar refractivity (Wildman–Crippen MR) is 130 cm³/mol. The van der Waals surface area contributed by atoms with Gasteiger partial charge >= 0.3 is 0 Å². The van der Waals surface area contributed by atoms with E-state index in [4.69, 9.17) is 9.72 Å². The van der Waals surface area contributed by atoms with Gasteiger partial charge in [0.15, 0.2) is 5.13 Å². The molecule has 1 saturated heterocycles. The Bertz CT molecular complexity index is 1230. The number of thiazole rings is 1. The molecule has 1 aliphatic rings. The van der Waals surface area contributed by atoms with Crippen molar-refractivity contribution in [1.29, 1.82) is 0 Å². The molecule has 1 aromatic carbocycles. The molecule has 0 bridgehead atoms. The lowest BCUT2D eigenvalue weighted by atomic mass is 10.1. The van der Waals surface area contributed by atoms with Crippen molar-refractivity contribution < 1.29 is 4.74 Å². The van der Waals surface area contributed by atoms with Crippen LogP contribution in [0.2, 0.25) is 0 Å². The Hall–Kier alpha value is -2.87. The fourth-order valence-corrected chi connectivity index (χ4v) is 4.92. The zero-order chi connectivity index (χ0) is 22.1. The van der Waals surface area contributed by atoms with Crippen molar-refractivity contribution in [2.24, 2.45) is 0 Å². The van der Waals surface area contributed by atoms with Gasteiger partial charge in [-0.15, -0.1) is 11.3 Å². The van der Waals surface area contributed by atoms with Crippen molar-refractivity contribution in [1.82, 2.24) is 19.9 Å². The first-order valence-corrected chi connectivity index (χ1v) is 11.7. The summed E-state index contributed by atoms with van der Waals surface area (Å²) < 4.78 is 6.13. The molecule has 0 unspecified atom stereocenters. The molecule has 1 atom stereocenters. The zero-order valence-corrected chi connectivity index (χ0v) is 19.4. The lowest BCUT2D eigenvalue weighted by molar-refractivity contribution is -0.0350. The molecule has 0 saturated carbocycles. The Morgan fingerprint density at radius 2 is 2.03 bits per heavy atom. The summed E-state index contributed by atoms with van der Waals surface area (Å²) in [5.41, 5.74) is 6.33. The van der Waals surface area contributed by atoms with E-state index in [2.05, 4.69) is 63.5 Å². The Balaban J connectivity index is 1.31. The van der Waals surface area contributed by atoms with Gasteiger partial charge < -0.3 is 10.1 Å². The summed E-state index contributed by atoms with van der Waals surface area (Å²) in [4.78, 5) is 17.5. The van der Waals surface area contributed by atoms with Crippen LogP contribution in [-0.4, -0.2) is 39.5 Å². The predicted octanol–water partition coefficient (Wildman–Crippen LogP) is 5.33. The second kappa shape index (κ2) is 8.94. The Morgan fingerprint density at radius 1 is 1.12 bits per heavy atom. The summed E-state index contributed by atoms with van der Waals surface area (Å²) in [5.74, 6) is 0. The minimum atomic E-state index is -0.0499. The average molecular weight is 446 g/mol. The van der Waals surface area contributed by atoms with Crippen molar-refractivity contribution >= 4 is 33.1 Å². The van der Waals surface area contributed by atoms with Gasteiger partial charge in [-0.25, -0.2) is 4.98 Å². The van der Waals surface area contributed by atoms with E-state index in [1.54, 1.807) is 11.3 Å². The molecule has 3 aromatic heterocycles. The van der Waals surface area contributed by atoms with Gasteiger partial charge in [0.05, 0.1) is 23.5 Å². The maximum atomic E-state index is 6.13. The van der Waals surface area contributed by atoms with Crippen LogP contribution in [0.5, 0.6) is 0 Å². The lowest BCUT2D eigenvalue weighted by Crippen LogP contribution is -2.38. The highest BCUT2D eigenvalue weighted by Gasteiger charge is 2.24. The summed E-state index contributed by atoms with van der Waals surface area (Å²) in [7, 11) is 0. The highest BCUT2D eigenvalue weighted by Crippen LogP contribution is 2.29. The summed E-state index contributed by atoms with van der Waals surface area (Å²) in [6.45, 7) is 9.47. The van der Waals surface area contributed by atoms with Crippen LogP contribution in [0.1, 0.15) is 33.6 Å². The first-order chi connectivity index (χ1) is 15.5. The molecule has 5 rings (SSSR count). The molecule has 0 aliphatic carbocycles. The Kier molecular flexibility index (Phi) is 5.87. The molecule has 32 heavy (non-hydrogen) atoms. The van der Waals surface area contributed by atoms with Crippen LogP contribution in [-0.2, 0) is 11.3 Å². The smallest absolute Gasteiger partial charge is 0.187 e. The van der Waals surface area contributed by atoms with E-state index in [9.17, 15) is 0 Å². The van der Waals surface area contributed by atoms with E-state index < -0.39 is 0 Å². The minimum absolute atomic E-state index is 0.0499. The highest BCUT2D eigenvalue weighted by atomic mass is 32.1. The van der Waals surface area contributed by atoms with Crippen molar-refractivity contribution in [3.05, 3.63) is 76.2 Å². The van der Waals surface area contributed by atoms with Crippen LogP contribution in [0, 0.1) is 20.8 Å². The topological polar surface area (TPSA) is 63.2 Å².